The van der Waals surface area contributed by atoms with Gasteiger partial charge in [-0.05, 0) is 56.4 Å². The predicted octanol–water partition coefficient (Wildman–Crippen LogP) is 4.39. The second-order valence-electron chi connectivity index (χ2n) is 10.4. The van der Waals surface area contributed by atoms with Gasteiger partial charge in [-0.15, -0.1) is 0 Å². The maximum Gasteiger partial charge on any atom is 0.410 e. The molecule has 0 aromatic heterocycles. The molecule has 1 unspecified atom stereocenters. The van der Waals surface area contributed by atoms with E-state index in [0.29, 0.717) is 6.04 Å². The van der Waals surface area contributed by atoms with Gasteiger partial charge in [0.15, 0.2) is 0 Å². The number of ether oxygens (including phenoxy) is 2. The topological polar surface area (TPSA) is 62.3 Å². The summed E-state index contributed by atoms with van der Waals surface area (Å²) in [4.78, 5) is 32.1. The minimum Gasteiger partial charge on any atom is -0.497 e. The third-order valence-corrected chi connectivity index (χ3v) is 8.35. The van der Waals surface area contributed by atoms with Gasteiger partial charge >= 0.3 is 6.09 Å². The molecule has 7 nitrogen and oxygen atoms in total. The van der Waals surface area contributed by atoms with Crippen molar-refractivity contribution in [2.24, 2.45) is 0 Å². The van der Waals surface area contributed by atoms with Crippen molar-refractivity contribution in [3.63, 3.8) is 0 Å². The summed E-state index contributed by atoms with van der Waals surface area (Å²) in [6, 6.07) is 4.57. The van der Waals surface area contributed by atoms with Crippen LogP contribution in [0.1, 0.15) is 73.4 Å². The van der Waals surface area contributed by atoms with Crippen molar-refractivity contribution in [3.8, 4) is 5.75 Å². The average molecular weight is 472 g/mol. The fraction of sp³-hybridized carbons (Fsp3) is 0.704. The third-order valence-electron chi connectivity index (χ3n) is 8.35. The highest BCUT2D eigenvalue weighted by Gasteiger charge is 2.53. The molecular weight excluding hydrogens is 430 g/mol. The molecule has 3 fully saturated rings. The van der Waals surface area contributed by atoms with Crippen LogP contribution in [0.4, 0.5) is 4.79 Å². The van der Waals surface area contributed by atoms with Crippen LogP contribution in [0.2, 0.25) is 0 Å². The maximum absolute atomic E-state index is 13.3. The Morgan fingerprint density at radius 3 is 2.29 bits per heavy atom. The van der Waals surface area contributed by atoms with Crippen molar-refractivity contribution in [2.75, 3.05) is 40.3 Å². The van der Waals surface area contributed by atoms with Gasteiger partial charge in [0, 0.05) is 57.7 Å². The molecule has 0 saturated carbocycles. The van der Waals surface area contributed by atoms with Gasteiger partial charge in [-0.25, -0.2) is 4.79 Å². The molecule has 0 bridgehead atoms. The number of amides is 2. The highest BCUT2D eigenvalue weighted by Crippen LogP contribution is 2.41. The fourth-order valence-electron chi connectivity index (χ4n) is 6.32. The van der Waals surface area contributed by atoms with Crippen LogP contribution in [0, 0.1) is 13.8 Å². The lowest BCUT2D eigenvalue weighted by molar-refractivity contribution is -0.0375. The van der Waals surface area contributed by atoms with Gasteiger partial charge in [0.2, 0.25) is 0 Å². The molecule has 0 radical (unpaired) electrons. The van der Waals surface area contributed by atoms with E-state index >= 15 is 0 Å². The number of piperidine rings is 2. The Morgan fingerprint density at radius 1 is 1.12 bits per heavy atom. The Bertz CT molecular complexity index is 878. The van der Waals surface area contributed by atoms with Crippen molar-refractivity contribution in [2.45, 2.75) is 83.4 Å². The molecule has 1 spiro atoms. The van der Waals surface area contributed by atoms with Crippen LogP contribution in [0.15, 0.2) is 12.1 Å². The van der Waals surface area contributed by atoms with E-state index in [1.54, 1.807) is 7.11 Å². The summed E-state index contributed by atoms with van der Waals surface area (Å²) >= 11 is 0. The first-order valence-corrected chi connectivity index (χ1v) is 12.9. The first-order valence-electron chi connectivity index (χ1n) is 12.9. The smallest absolute Gasteiger partial charge is 0.410 e. The molecule has 188 valence electrons. The Kier molecular flexibility index (Phi) is 7.41. The lowest BCUT2D eigenvalue weighted by atomic mass is 9.81. The summed E-state index contributed by atoms with van der Waals surface area (Å²) in [5, 5.41) is 0. The Morgan fingerprint density at radius 2 is 1.74 bits per heavy atom. The van der Waals surface area contributed by atoms with Crippen LogP contribution < -0.4 is 4.74 Å². The van der Waals surface area contributed by atoms with Gasteiger partial charge in [-0.2, -0.15) is 0 Å². The molecule has 0 aliphatic carbocycles. The summed E-state index contributed by atoms with van der Waals surface area (Å²) in [6.45, 7) is 9.65. The minimum atomic E-state index is -0.322. The van der Waals surface area contributed by atoms with Gasteiger partial charge < -0.3 is 19.3 Å². The second-order valence-corrected chi connectivity index (χ2v) is 10.4. The summed E-state index contributed by atoms with van der Waals surface area (Å²) < 4.78 is 11.3. The highest BCUT2D eigenvalue weighted by molar-refractivity contribution is 5.97. The second kappa shape index (κ2) is 10.1. The van der Waals surface area contributed by atoms with Crippen molar-refractivity contribution in [1.82, 2.24) is 14.7 Å². The summed E-state index contributed by atoms with van der Waals surface area (Å²) in [5.74, 6) is 0.928. The van der Waals surface area contributed by atoms with Gasteiger partial charge in [-0.3, -0.25) is 9.69 Å². The normalized spacial score (nSPS) is 23.4. The molecule has 0 N–H and O–H groups in total. The molecule has 34 heavy (non-hydrogen) atoms. The number of likely N-dealkylation sites (N-methyl/N-ethyl adjacent to an activating group) is 1. The van der Waals surface area contributed by atoms with Crippen molar-refractivity contribution in [3.05, 3.63) is 28.8 Å². The molecule has 3 aliphatic rings. The SMILES string of the molecule is CCCCC1N(C)C(=O)OC12CCN(C1CCN(C(=O)c3c(C)cc(OC)cc3C)CC1)CC2. The van der Waals surface area contributed by atoms with Crippen molar-refractivity contribution >= 4 is 12.0 Å². The number of carbonyl (C=O) groups excluding carboxylic acids is 2. The van der Waals surface area contributed by atoms with Crippen LogP contribution in [-0.2, 0) is 4.74 Å². The number of methoxy groups -OCH3 is 1. The standard InChI is InChI=1S/C27H41N3O4/c1-6-7-8-23-27(34-26(32)28(23)4)11-15-29(16-12-27)21-9-13-30(14-10-21)25(31)24-19(2)17-22(33-5)18-20(24)3/h17-18,21,23H,6-16H2,1-5H3. The molecule has 1 aromatic rings. The number of nitrogens with zero attached hydrogens (tertiary/aromatic N) is 3. The minimum absolute atomic E-state index is 0.133. The van der Waals surface area contributed by atoms with Crippen LogP contribution in [0.3, 0.4) is 0 Å². The Balaban J connectivity index is 1.34. The summed E-state index contributed by atoms with van der Waals surface area (Å²) in [5.41, 5.74) is 2.43. The van der Waals surface area contributed by atoms with E-state index in [1.165, 1.54) is 0 Å². The van der Waals surface area contributed by atoms with Crippen LogP contribution in [0.25, 0.3) is 0 Å². The Hall–Kier alpha value is -2.28. The number of aryl methyl sites for hydroxylation is 2. The summed E-state index contributed by atoms with van der Waals surface area (Å²) in [6.07, 6.45) is 6.90. The number of hydrogen-bond acceptors (Lipinski definition) is 5. The zero-order chi connectivity index (χ0) is 24.5. The molecule has 3 saturated heterocycles. The number of rotatable bonds is 6. The molecule has 1 aromatic carbocycles. The lowest BCUT2D eigenvalue weighted by Gasteiger charge is -2.46. The maximum atomic E-state index is 13.3. The van der Waals surface area contributed by atoms with Gasteiger partial charge in [0.1, 0.15) is 11.4 Å². The largest absolute Gasteiger partial charge is 0.497 e. The lowest BCUT2D eigenvalue weighted by Crippen LogP contribution is -2.55. The van der Waals surface area contributed by atoms with E-state index < -0.39 is 0 Å². The molecular formula is C27H41N3O4. The van der Waals surface area contributed by atoms with Crippen molar-refractivity contribution < 1.29 is 19.1 Å². The molecule has 3 aliphatic heterocycles. The molecule has 3 heterocycles. The number of carbonyl (C=O) groups is 2. The molecule has 2 amide bonds. The number of hydrogen-bond donors (Lipinski definition) is 0. The van der Waals surface area contributed by atoms with E-state index in [9.17, 15) is 9.59 Å². The Labute approximate surface area is 204 Å². The third kappa shape index (κ3) is 4.64. The van der Waals surface area contributed by atoms with E-state index in [-0.39, 0.29) is 23.6 Å². The quantitative estimate of drug-likeness (QED) is 0.616. The first-order chi connectivity index (χ1) is 16.3. The zero-order valence-electron chi connectivity index (χ0n) is 21.6. The highest BCUT2D eigenvalue weighted by atomic mass is 16.6. The first kappa shape index (κ1) is 24.8. The van der Waals surface area contributed by atoms with Gasteiger partial charge in [0.05, 0.1) is 13.2 Å². The van der Waals surface area contributed by atoms with Gasteiger partial charge in [0.25, 0.3) is 5.91 Å². The molecule has 4 rings (SSSR count). The number of likely N-dealkylation sites (tertiary alicyclic amines) is 2. The van der Waals surface area contributed by atoms with E-state index in [2.05, 4.69) is 11.8 Å². The fourth-order valence-corrected chi connectivity index (χ4v) is 6.32. The zero-order valence-corrected chi connectivity index (χ0v) is 21.6. The van der Waals surface area contributed by atoms with Crippen LogP contribution >= 0.6 is 0 Å². The predicted molar refractivity (Wildman–Crippen MR) is 132 cm³/mol. The van der Waals surface area contributed by atoms with Gasteiger partial charge in [-0.1, -0.05) is 19.8 Å². The van der Waals surface area contributed by atoms with Crippen LogP contribution in [-0.4, -0.2) is 84.7 Å². The van der Waals surface area contributed by atoms with Crippen LogP contribution in [0.5, 0.6) is 5.75 Å². The number of unbranched alkanes of at least 4 members (excludes halogenated alkanes) is 1. The summed E-state index contributed by atoms with van der Waals surface area (Å²) in [7, 11) is 3.55. The van der Waals surface area contributed by atoms with E-state index in [4.69, 9.17) is 9.47 Å². The monoisotopic (exact) mass is 471 g/mol. The van der Waals surface area contributed by atoms with E-state index in [1.807, 2.05) is 42.8 Å². The van der Waals surface area contributed by atoms with Crippen molar-refractivity contribution in [1.29, 1.82) is 0 Å². The molecule has 7 heteroatoms. The van der Waals surface area contributed by atoms with E-state index in [0.717, 1.165) is 93.6 Å². The number of benzene rings is 1. The molecule has 1 atom stereocenters. The average Bonchev–Trinajstić information content (AvgIpc) is 3.06.